The van der Waals surface area contributed by atoms with E-state index in [1.807, 2.05) is 6.07 Å². The van der Waals surface area contributed by atoms with E-state index in [0.717, 1.165) is 5.56 Å². The summed E-state index contributed by atoms with van der Waals surface area (Å²) in [5.74, 6) is -0.0400. The molecule has 0 radical (unpaired) electrons. The fraction of sp³-hybridized carbons (Fsp3) is 0.481. The van der Waals surface area contributed by atoms with Crippen molar-refractivity contribution < 1.29 is 23.5 Å². The predicted molar refractivity (Wildman–Crippen MR) is 134 cm³/mol. The fourth-order valence-electron chi connectivity index (χ4n) is 4.27. The molecule has 2 aromatic rings. The van der Waals surface area contributed by atoms with Crippen LogP contribution < -0.4 is 10.1 Å². The van der Waals surface area contributed by atoms with E-state index in [1.165, 1.54) is 6.07 Å². The third-order valence-electron chi connectivity index (χ3n) is 6.45. The fourth-order valence-corrected chi connectivity index (χ4v) is 4.27. The van der Waals surface area contributed by atoms with Crippen LogP contribution in [0.4, 0.5) is 10.1 Å². The summed E-state index contributed by atoms with van der Waals surface area (Å²) < 4.78 is 25.8. The number of hydrogen-bond donors (Lipinski definition) is 1. The predicted octanol–water partition coefficient (Wildman–Crippen LogP) is 4.18. The molecule has 0 saturated carbocycles. The first kappa shape index (κ1) is 26.6. The van der Waals surface area contributed by atoms with E-state index in [-0.39, 0.29) is 35.7 Å². The normalized spacial score (nSPS) is 21.9. The molecule has 0 bridgehead atoms. The number of fused-ring (bicyclic) bond motifs is 1. The van der Waals surface area contributed by atoms with Crippen molar-refractivity contribution in [3.63, 3.8) is 0 Å². The molecule has 0 saturated heterocycles. The Hall–Kier alpha value is -2.97. The van der Waals surface area contributed by atoms with Crippen molar-refractivity contribution in [3.8, 4) is 5.75 Å². The van der Waals surface area contributed by atoms with Gasteiger partial charge in [0.2, 0.25) is 5.91 Å². The van der Waals surface area contributed by atoms with Gasteiger partial charge in [-0.2, -0.15) is 0 Å². The highest BCUT2D eigenvalue weighted by atomic mass is 19.1. The lowest BCUT2D eigenvalue weighted by atomic mass is 10.0. The number of likely N-dealkylation sites (N-methyl/N-ethyl adjacent to an activating group) is 1. The van der Waals surface area contributed by atoms with Gasteiger partial charge in [-0.3, -0.25) is 14.5 Å². The van der Waals surface area contributed by atoms with Gasteiger partial charge in [-0.1, -0.05) is 26.0 Å². The summed E-state index contributed by atoms with van der Waals surface area (Å²) in [7, 11) is 3.39. The molecule has 3 rings (SSSR count). The molecule has 0 aliphatic carbocycles. The first-order chi connectivity index (χ1) is 16.7. The zero-order valence-electron chi connectivity index (χ0n) is 21.2. The van der Waals surface area contributed by atoms with Gasteiger partial charge in [0, 0.05) is 51.9 Å². The lowest BCUT2D eigenvalue weighted by molar-refractivity contribution is -0.115. The number of rotatable bonds is 5. The van der Waals surface area contributed by atoms with Crippen LogP contribution in [0.15, 0.2) is 42.5 Å². The SMILES string of the molecule is CCC(=O)Nc1ccc2c(c1)C(=O)N(C)C[C@H](OC)[C@H](C)CN(Cc1cccc(F)c1)[C@H](C)CO2. The molecule has 0 spiro atoms. The van der Waals surface area contributed by atoms with Gasteiger partial charge in [0.05, 0.1) is 11.7 Å². The van der Waals surface area contributed by atoms with Crippen molar-refractivity contribution in [1.82, 2.24) is 9.80 Å². The quantitative estimate of drug-likeness (QED) is 0.688. The number of nitrogens with one attached hydrogen (secondary N) is 1. The molecule has 7 nitrogen and oxygen atoms in total. The van der Waals surface area contributed by atoms with Gasteiger partial charge in [-0.25, -0.2) is 4.39 Å². The first-order valence-corrected chi connectivity index (χ1v) is 12.0. The number of benzene rings is 2. The van der Waals surface area contributed by atoms with E-state index in [1.54, 1.807) is 56.3 Å². The number of halogens is 1. The van der Waals surface area contributed by atoms with Crippen molar-refractivity contribution >= 4 is 17.5 Å². The standard InChI is InChI=1S/C27H36FN3O4/c1-6-26(32)29-22-10-11-24-23(13-22)27(33)30(4)16-25(34-5)18(2)14-31(19(3)17-35-24)15-20-8-7-9-21(28)12-20/h7-13,18-19,25H,6,14-17H2,1-5H3,(H,29,32)/t18-,19-,25+/m1/s1. The van der Waals surface area contributed by atoms with Crippen molar-refractivity contribution in [2.45, 2.75) is 45.9 Å². The van der Waals surface area contributed by atoms with E-state index in [9.17, 15) is 14.0 Å². The first-order valence-electron chi connectivity index (χ1n) is 12.0. The molecule has 2 aromatic carbocycles. The zero-order chi connectivity index (χ0) is 25.5. The van der Waals surface area contributed by atoms with Crippen LogP contribution in [0, 0.1) is 11.7 Å². The molecule has 1 heterocycles. The maximum atomic E-state index is 13.8. The molecule has 190 valence electrons. The summed E-state index contributed by atoms with van der Waals surface area (Å²) >= 11 is 0. The summed E-state index contributed by atoms with van der Waals surface area (Å²) in [5, 5.41) is 2.81. The Morgan fingerprint density at radius 1 is 1.20 bits per heavy atom. The lowest BCUT2D eigenvalue weighted by Crippen LogP contribution is -2.46. The minimum absolute atomic E-state index is 0.0159. The molecule has 1 N–H and O–H groups in total. The molecule has 0 fully saturated rings. The molecule has 0 aromatic heterocycles. The van der Waals surface area contributed by atoms with Crippen LogP contribution in [-0.4, -0.2) is 67.6 Å². The molecular weight excluding hydrogens is 449 g/mol. The summed E-state index contributed by atoms with van der Waals surface area (Å²) in [4.78, 5) is 29.1. The molecule has 1 aliphatic heterocycles. The second kappa shape index (κ2) is 12.1. The number of methoxy groups -OCH3 is 1. The van der Waals surface area contributed by atoms with Crippen LogP contribution in [0.3, 0.4) is 0 Å². The maximum absolute atomic E-state index is 13.8. The van der Waals surface area contributed by atoms with Gasteiger partial charge in [-0.15, -0.1) is 0 Å². The highest BCUT2D eigenvalue weighted by molar-refractivity contribution is 5.99. The molecule has 35 heavy (non-hydrogen) atoms. The monoisotopic (exact) mass is 485 g/mol. The molecule has 2 amide bonds. The summed E-state index contributed by atoms with van der Waals surface area (Å²) in [6.07, 6.45) is 0.144. The Labute approximate surface area is 207 Å². The van der Waals surface area contributed by atoms with E-state index in [0.29, 0.717) is 49.7 Å². The van der Waals surface area contributed by atoms with E-state index in [2.05, 4.69) is 24.1 Å². The Morgan fingerprint density at radius 2 is 1.97 bits per heavy atom. The molecule has 8 heteroatoms. The van der Waals surface area contributed by atoms with Crippen LogP contribution in [0.2, 0.25) is 0 Å². The second-order valence-electron chi connectivity index (χ2n) is 9.27. The summed E-state index contributed by atoms with van der Waals surface area (Å²) in [5.41, 5.74) is 1.81. The van der Waals surface area contributed by atoms with Crippen molar-refractivity contribution in [2.24, 2.45) is 5.92 Å². The third-order valence-corrected chi connectivity index (χ3v) is 6.45. The average Bonchev–Trinajstić information content (AvgIpc) is 2.84. The van der Waals surface area contributed by atoms with E-state index >= 15 is 0 Å². The van der Waals surface area contributed by atoms with Gasteiger partial charge >= 0.3 is 0 Å². The smallest absolute Gasteiger partial charge is 0.257 e. The minimum atomic E-state index is -0.261. The number of ether oxygens (including phenoxy) is 2. The number of hydrogen-bond acceptors (Lipinski definition) is 5. The second-order valence-corrected chi connectivity index (χ2v) is 9.27. The van der Waals surface area contributed by atoms with E-state index < -0.39 is 0 Å². The van der Waals surface area contributed by atoms with Crippen LogP contribution in [0.5, 0.6) is 5.75 Å². The number of anilines is 1. The van der Waals surface area contributed by atoms with Gasteiger partial charge < -0.3 is 19.7 Å². The Bertz CT molecular complexity index is 1030. The van der Waals surface area contributed by atoms with Gasteiger partial charge in [0.1, 0.15) is 18.2 Å². The van der Waals surface area contributed by atoms with E-state index in [4.69, 9.17) is 9.47 Å². The highest BCUT2D eigenvalue weighted by Crippen LogP contribution is 2.27. The summed E-state index contributed by atoms with van der Waals surface area (Å²) in [6, 6.07) is 11.7. The third kappa shape index (κ3) is 7.02. The molecule has 3 atom stereocenters. The largest absolute Gasteiger partial charge is 0.491 e. The van der Waals surface area contributed by atoms with Crippen molar-refractivity contribution in [2.75, 3.05) is 39.2 Å². The Morgan fingerprint density at radius 3 is 2.66 bits per heavy atom. The minimum Gasteiger partial charge on any atom is -0.491 e. The number of carbonyl (C=O) groups is 2. The van der Waals surface area contributed by atoms with Gasteiger partial charge in [-0.05, 0) is 48.7 Å². The molecule has 0 unspecified atom stereocenters. The Balaban J connectivity index is 1.94. The van der Waals surface area contributed by atoms with Gasteiger partial charge in [0.15, 0.2) is 0 Å². The topological polar surface area (TPSA) is 71.1 Å². The van der Waals surface area contributed by atoms with Crippen molar-refractivity contribution in [3.05, 3.63) is 59.4 Å². The molecular formula is C27H36FN3O4. The maximum Gasteiger partial charge on any atom is 0.257 e. The van der Waals surface area contributed by atoms with Crippen molar-refractivity contribution in [1.29, 1.82) is 0 Å². The molecule has 1 aliphatic rings. The summed E-state index contributed by atoms with van der Waals surface area (Å²) in [6.45, 7) is 7.91. The number of nitrogens with zero attached hydrogens (tertiary/aromatic N) is 2. The zero-order valence-corrected chi connectivity index (χ0v) is 21.2. The van der Waals surface area contributed by atoms with Crippen LogP contribution in [0.25, 0.3) is 0 Å². The number of amides is 2. The average molecular weight is 486 g/mol. The number of carbonyl (C=O) groups excluding carboxylic acids is 2. The Kier molecular flexibility index (Phi) is 9.23. The lowest BCUT2D eigenvalue weighted by Gasteiger charge is -2.36. The van der Waals surface area contributed by atoms with Crippen LogP contribution in [0.1, 0.15) is 43.1 Å². The highest BCUT2D eigenvalue weighted by Gasteiger charge is 2.28. The van der Waals surface area contributed by atoms with Crippen LogP contribution in [-0.2, 0) is 16.1 Å². The van der Waals surface area contributed by atoms with Crippen LogP contribution >= 0.6 is 0 Å². The van der Waals surface area contributed by atoms with Gasteiger partial charge in [0.25, 0.3) is 5.91 Å².